The zero-order valence-electron chi connectivity index (χ0n) is 18.2. The molecule has 7 nitrogen and oxygen atoms in total. The molecule has 5 rings (SSSR count). The number of methoxy groups -OCH3 is 1. The van der Waals surface area contributed by atoms with Crippen LogP contribution in [0.2, 0.25) is 0 Å². The zero-order valence-corrected chi connectivity index (χ0v) is 18.2. The normalized spacial score (nSPS) is 18.8. The number of carbonyl (C=O) groups excluding carboxylic acids is 2. The molecule has 8 heteroatoms. The molecule has 3 aromatic carbocycles. The van der Waals surface area contributed by atoms with Gasteiger partial charge in [0.2, 0.25) is 0 Å². The molecular weight excluding hydrogens is 441 g/mol. The van der Waals surface area contributed by atoms with Crippen molar-refractivity contribution in [1.82, 2.24) is 0 Å². The maximum absolute atomic E-state index is 13.5. The van der Waals surface area contributed by atoms with Gasteiger partial charge in [-0.2, -0.15) is 0 Å². The second-order valence-electron chi connectivity index (χ2n) is 7.75. The van der Waals surface area contributed by atoms with Crippen LogP contribution in [0.4, 0.5) is 10.1 Å². The second kappa shape index (κ2) is 8.55. The summed E-state index contributed by atoms with van der Waals surface area (Å²) in [7, 11) is 1.48. The highest BCUT2D eigenvalue weighted by Crippen LogP contribution is 2.46. The molecule has 1 N–H and O–H groups in total. The van der Waals surface area contributed by atoms with Gasteiger partial charge in [0.15, 0.2) is 11.5 Å². The van der Waals surface area contributed by atoms with Gasteiger partial charge in [-0.05, 0) is 42.5 Å². The van der Waals surface area contributed by atoms with Gasteiger partial charge in [0.25, 0.3) is 11.7 Å². The summed E-state index contributed by atoms with van der Waals surface area (Å²) in [6, 6.07) is 15.9. The standard InChI is InChI=1S/C26H20FNO6/c1-32-19-5-3-2-4-18(19)23-22(24(29)15-6-8-16(27)9-7-15)25(30)26(31)28(23)17-10-11-20-21(14-17)34-13-12-33-20/h2-11,14,23,29H,12-13H2,1H3/b24-22+. The highest BCUT2D eigenvalue weighted by atomic mass is 19.1. The molecule has 0 radical (unpaired) electrons. The van der Waals surface area contributed by atoms with Crippen LogP contribution in [-0.4, -0.2) is 37.1 Å². The third-order valence-corrected chi connectivity index (χ3v) is 5.80. The van der Waals surface area contributed by atoms with Crippen molar-refractivity contribution in [2.24, 2.45) is 0 Å². The molecule has 1 atom stereocenters. The van der Waals surface area contributed by atoms with Gasteiger partial charge in [-0.1, -0.05) is 18.2 Å². The fraction of sp³-hybridized carbons (Fsp3) is 0.154. The Labute approximate surface area is 194 Å². The molecule has 1 saturated heterocycles. The summed E-state index contributed by atoms with van der Waals surface area (Å²) in [5.74, 6) is -1.18. The Kier molecular flexibility index (Phi) is 5.41. The van der Waals surface area contributed by atoms with E-state index in [4.69, 9.17) is 14.2 Å². The summed E-state index contributed by atoms with van der Waals surface area (Å²) in [4.78, 5) is 27.9. The van der Waals surface area contributed by atoms with E-state index in [0.717, 1.165) is 0 Å². The average molecular weight is 461 g/mol. The number of benzene rings is 3. The quantitative estimate of drug-likeness (QED) is 0.356. The molecule has 172 valence electrons. The number of rotatable bonds is 4. The van der Waals surface area contributed by atoms with Crippen LogP contribution < -0.4 is 19.1 Å². The van der Waals surface area contributed by atoms with E-state index in [1.54, 1.807) is 42.5 Å². The fourth-order valence-corrected chi connectivity index (χ4v) is 4.23. The summed E-state index contributed by atoms with van der Waals surface area (Å²) in [5.41, 5.74) is 0.973. The van der Waals surface area contributed by atoms with Crippen molar-refractivity contribution in [3.8, 4) is 17.2 Å². The number of Topliss-reactive ketones (excluding diaryl/α,β-unsaturated/α-hetero) is 1. The summed E-state index contributed by atoms with van der Waals surface area (Å²) in [6.07, 6.45) is 0. The van der Waals surface area contributed by atoms with Crippen molar-refractivity contribution < 1.29 is 33.3 Å². The van der Waals surface area contributed by atoms with Gasteiger partial charge in [-0.25, -0.2) is 4.39 Å². The number of para-hydroxylation sites is 1. The van der Waals surface area contributed by atoms with E-state index in [1.165, 1.54) is 36.3 Å². The van der Waals surface area contributed by atoms with Crippen LogP contribution in [0, 0.1) is 5.82 Å². The molecule has 1 fully saturated rings. The highest BCUT2D eigenvalue weighted by molar-refractivity contribution is 6.51. The molecule has 34 heavy (non-hydrogen) atoms. The third-order valence-electron chi connectivity index (χ3n) is 5.80. The van der Waals surface area contributed by atoms with Gasteiger partial charge in [0.05, 0.1) is 18.7 Å². The summed E-state index contributed by atoms with van der Waals surface area (Å²) in [6.45, 7) is 0.769. The van der Waals surface area contributed by atoms with E-state index < -0.39 is 29.3 Å². The Bertz CT molecular complexity index is 1320. The molecular formula is C26H20FNO6. The van der Waals surface area contributed by atoms with Gasteiger partial charge >= 0.3 is 0 Å². The number of aliphatic hydroxyl groups is 1. The molecule has 0 aromatic heterocycles. The number of nitrogens with zero attached hydrogens (tertiary/aromatic N) is 1. The first-order chi connectivity index (χ1) is 16.5. The monoisotopic (exact) mass is 461 g/mol. The minimum absolute atomic E-state index is 0.129. The lowest BCUT2D eigenvalue weighted by Gasteiger charge is -2.28. The molecule has 2 aliphatic rings. The number of ketones is 1. The SMILES string of the molecule is COc1ccccc1C1/C(=C(\O)c2ccc(F)cc2)C(=O)C(=O)N1c1ccc2c(c1)OCCO2. The number of halogens is 1. The van der Waals surface area contributed by atoms with Gasteiger partial charge in [0, 0.05) is 22.9 Å². The lowest BCUT2D eigenvalue weighted by Crippen LogP contribution is -2.30. The largest absolute Gasteiger partial charge is 0.507 e. The smallest absolute Gasteiger partial charge is 0.300 e. The number of carbonyl (C=O) groups is 2. The number of hydrogen-bond donors (Lipinski definition) is 1. The highest BCUT2D eigenvalue weighted by Gasteiger charge is 2.48. The van der Waals surface area contributed by atoms with Crippen LogP contribution in [0.15, 0.2) is 72.3 Å². The van der Waals surface area contributed by atoms with Gasteiger partial charge in [-0.3, -0.25) is 14.5 Å². The van der Waals surface area contributed by atoms with Gasteiger partial charge in [-0.15, -0.1) is 0 Å². The van der Waals surface area contributed by atoms with E-state index in [9.17, 15) is 19.1 Å². The van der Waals surface area contributed by atoms with Crippen LogP contribution in [0.3, 0.4) is 0 Å². The van der Waals surface area contributed by atoms with E-state index in [2.05, 4.69) is 0 Å². The number of amides is 1. The van der Waals surface area contributed by atoms with E-state index in [-0.39, 0.29) is 11.1 Å². The minimum atomic E-state index is -0.997. The van der Waals surface area contributed by atoms with Crippen LogP contribution in [0.5, 0.6) is 17.2 Å². The van der Waals surface area contributed by atoms with E-state index in [0.29, 0.717) is 41.7 Å². The van der Waals surface area contributed by atoms with Crippen LogP contribution in [0.25, 0.3) is 5.76 Å². The molecule has 0 bridgehead atoms. The van der Waals surface area contributed by atoms with Crippen LogP contribution in [0.1, 0.15) is 17.2 Å². The third kappa shape index (κ3) is 3.53. The molecule has 1 unspecified atom stereocenters. The lowest BCUT2D eigenvalue weighted by atomic mass is 9.94. The maximum Gasteiger partial charge on any atom is 0.300 e. The first kappa shape index (κ1) is 21.5. The van der Waals surface area contributed by atoms with Crippen molar-refractivity contribution in [1.29, 1.82) is 0 Å². The first-order valence-corrected chi connectivity index (χ1v) is 10.6. The number of hydrogen-bond acceptors (Lipinski definition) is 6. The Morgan fingerprint density at radius 1 is 1.00 bits per heavy atom. The van der Waals surface area contributed by atoms with Crippen LogP contribution in [-0.2, 0) is 9.59 Å². The zero-order chi connectivity index (χ0) is 23.8. The Morgan fingerprint density at radius 3 is 2.44 bits per heavy atom. The Balaban J connectivity index is 1.72. The fourth-order valence-electron chi connectivity index (χ4n) is 4.23. The maximum atomic E-state index is 13.5. The lowest BCUT2D eigenvalue weighted by molar-refractivity contribution is -0.132. The molecule has 3 aromatic rings. The molecule has 2 aliphatic heterocycles. The van der Waals surface area contributed by atoms with Crippen molar-refractivity contribution in [3.05, 3.63) is 89.2 Å². The average Bonchev–Trinajstić information content (AvgIpc) is 3.13. The van der Waals surface area contributed by atoms with Gasteiger partial charge in [0.1, 0.15) is 30.5 Å². The number of ether oxygens (including phenoxy) is 3. The second-order valence-corrected chi connectivity index (χ2v) is 7.75. The summed E-state index contributed by atoms with van der Waals surface area (Å²) < 4.78 is 30.2. The van der Waals surface area contributed by atoms with Crippen molar-refractivity contribution in [3.63, 3.8) is 0 Å². The van der Waals surface area contributed by atoms with Gasteiger partial charge < -0.3 is 19.3 Å². The number of fused-ring (bicyclic) bond motifs is 1. The van der Waals surface area contributed by atoms with Crippen LogP contribution >= 0.6 is 0 Å². The first-order valence-electron chi connectivity index (χ1n) is 10.6. The van der Waals surface area contributed by atoms with Crippen molar-refractivity contribution in [2.45, 2.75) is 6.04 Å². The molecule has 1 amide bonds. The molecule has 0 aliphatic carbocycles. The predicted octanol–water partition coefficient (Wildman–Crippen LogP) is 4.23. The summed E-state index contributed by atoms with van der Waals surface area (Å²) >= 11 is 0. The summed E-state index contributed by atoms with van der Waals surface area (Å²) in [5, 5.41) is 11.1. The predicted molar refractivity (Wildman–Crippen MR) is 122 cm³/mol. The van der Waals surface area contributed by atoms with E-state index >= 15 is 0 Å². The molecule has 0 saturated carbocycles. The Morgan fingerprint density at radius 2 is 1.71 bits per heavy atom. The molecule has 0 spiro atoms. The topological polar surface area (TPSA) is 85.3 Å². The minimum Gasteiger partial charge on any atom is -0.507 e. The number of anilines is 1. The Hall–Kier alpha value is -4.33. The van der Waals surface area contributed by atoms with E-state index in [1.807, 2.05) is 0 Å². The number of aliphatic hydroxyl groups excluding tert-OH is 1. The molecule has 2 heterocycles. The van der Waals surface area contributed by atoms with Crippen molar-refractivity contribution in [2.75, 3.05) is 25.2 Å². The van der Waals surface area contributed by atoms with Crippen molar-refractivity contribution >= 4 is 23.1 Å².